The highest BCUT2D eigenvalue weighted by Gasteiger charge is 2.27. The van der Waals surface area contributed by atoms with Gasteiger partial charge >= 0.3 is 0 Å². The minimum absolute atomic E-state index is 0.121. The number of amides is 2. The molecule has 0 radical (unpaired) electrons. The van der Waals surface area contributed by atoms with E-state index < -0.39 is 11.7 Å². The van der Waals surface area contributed by atoms with Crippen LogP contribution in [-0.2, 0) is 11.2 Å². The molecule has 42 heavy (non-hydrogen) atoms. The number of likely N-dealkylation sites (tertiary alicyclic amines) is 1. The Morgan fingerprint density at radius 1 is 1.10 bits per heavy atom. The number of rotatable bonds is 8. The number of hydrogen-bond acceptors (Lipinski definition) is 8. The molecule has 2 aromatic carbocycles. The summed E-state index contributed by atoms with van der Waals surface area (Å²) < 4.78 is 20.5. The highest BCUT2D eigenvalue weighted by molar-refractivity contribution is 6.31. The van der Waals surface area contributed by atoms with Crippen molar-refractivity contribution in [2.24, 2.45) is 0 Å². The zero-order valence-corrected chi connectivity index (χ0v) is 23.9. The Kier molecular flexibility index (Phi) is 7.46. The minimum Gasteiger partial charge on any atom is -0.495 e. The molecule has 0 aliphatic carbocycles. The Morgan fingerprint density at radius 3 is 2.67 bits per heavy atom. The van der Waals surface area contributed by atoms with E-state index in [1.54, 1.807) is 19.4 Å². The predicted octanol–water partition coefficient (Wildman–Crippen LogP) is 4.59. The van der Waals surface area contributed by atoms with Crippen LogP contribution >= 0.6 is 11.6 Å². The van der Waals surface area contributed by atoms with E-state index in [-0.39, 0.29) is 28.1 Å². The molecule has 2 aliphatic heterocycles. The number of H-pyrrole nitrogens is 1. The number of benzene rings is 2. The Balaban J connectivity index is 1.33. The molecule has 0 spiro atoms. The second kappa shape index (κ2) is 11.4. The van der Waals surface area contributed by atoms with Crippen molar-refractivity contribution < 1.29 is 18.7 Å². The lowest BCUT2D eigenvalue weighted by Crippen LogP contribution is -2.38. The molecule has 0 unspecified atom stereocenters. The number of halogens is 2. The van der Waals surface area contributed by atoms with Crippen LogP contribution in [0.4, 0.5) is 33.2 Å². The molecule has 13 heteroatoms. The van der Waals surface area contributed by atoms with Gasteiger partial charge in [0.15, 0.2) is 0 Å². The maximum Gasteiger partial charge on any atom is 0.256 e. The molecule has 1 fully saturated rings. The first-order valence-corrected chi connectivity index (χ1v) is 14.1. The molecular weight excluding hydrogens is 563 g/mol. The molecule has 0 bridgehead atoms. The van der Waals surface area contributed by atoms with Crippen LogP contribution < -0.4 is 25.6 Å². The summed E-state index contributed by atoms with van der Waals surface area (Å²) in [4.78, 5) is 41.7. The van der Waals surface area contributed by atoms with Gasteiger partial charge in [-0.15, -0.1) is 0 Å². The van der Waals surface area contributed by atoms with Gasteiger partial charge in [0.1, 0.15) is 23.0 Å². The minimum atomic E-state index is -0.766. The van der Waals surface area contributed by atoms with Gasteiger partial charge in [-0.25, -0.2) is 4.39 Å². The molecular formula is C29H30ClFN8O3. The van der Waals surface area contributed by atoms with Crippen LogP contribution in [0.25, 0.3) is 11.0 Å². The topological polar surface area (TPSA) is 128 Å². The number of aromatic amines is 1. The first-order valence-electron chi connectivity index (χ1n) is 13.7. The van der Waals surface area contributed by atoms with Crippen LogP contribution in [0.15, 0.2) is 36.5 Å². The number of aromatic nitrogens is 3. The number of nitrogens with one attached hydrogen (secondary N) is 4. The van der Waals surface area contributed by atoms with E-state index in [2.05, 4.69) is 35.8 Å². The Hall–Kier alpha value is -4.58. The average Bonchev–Trinajstić information content (AvgIpc) is 3.74. The monoisotopic (exact) mass is 592 g/mol. The van der Waals surface area contributed by atoms with Crippen molar-refractivity contribution in [2.45, 2.75) is 19.3 Å². The summed E-state index contributed by atoms with van der Waals surface area (Å²) in [7, 11) is 3.01. The molecule has 2 aromatic heterocycles. The van der Waals surface area contributed by atoms with E-state index in [4.69, 9.17) is 16.3 Å². The SMILES string of the molecule is CNC(=O)c1c(F)cc(Cl)cc1Nc1nc(Nc2cc3c(cc2OC)CCN3CC(=O)N2CCCC2)nc2[nH]ccc12. The highest BCUT2D eigenvalue weighted by atomic mass is 35.5. The van der Waals surface area contributed by atoms with Gasteiger partial charge in [-0.2, -0.15) is 9.97 Å². The maximum atomic E-state index is 14.8. The fourth-order valence-corrected chi connectivity index (χ4v) is 5.71. The van der Waals surface area contributed by atoms with Crippen molar-refractivity contribution in [3.8, 4) is 5.75 Å². The van der Waals surface area contributed by atoms with E-state index >= 15 is 0 Å². The lowest BCUT2D eigenvalue weighted by Gasteiger charge is -2.23. The van der Waals surface area contributed by atoms with E-state index in [0.717, 1.165) is 56.2 Å². The van der Waals surface area contributed by atoms with Gasteiger partial charge in [0.2, 0.25) is 11.9 Å². The number of carbonyl (C=O) groups excluding carboxylic acids is 2. The number of anilines is 5. The summed E-state index contributed by atoms with van der Waals surface area (Å²) in [6.45, 7) is 2.69. The van der Waals surface area contributed by atoms with Gasteiger partial charge < -0.3 is 35.5 Å². The largest absolute Gasteiger partial charge is 0.495 e. The van der Waals surface area contributed by atoms with Gasteiger partial charge in [-0.05, 0) is 55.2 Å². The van der Waals surface area contributed by atoms with Gasteiger partial charge in [-0.3, -0.25) is 9.59 Å². The third-order valence-corrected chi connectivity index (χ3v) is 7.82. The summed E-state index contributed by atoms with van der Waals surface area (Å²) in [5, 5.41) is 9.52. The first kappa shape index (κ1) is 27.6. The number of ether oxygens (including phenoxy) is 1. The van der Waals surface area contributed by atoms with Gasteiger partial charge in [-0.1, -0.05) is 11.6 Å². The molecule has 0 atom stereocenters. The third kappa shape index (κ3) is 5.25. The van der Waals surface area contributed by atoms with Gasteiger partial charge in [0.05, 0.1) is 36.0 Å². The van der Waals surface area contributed by atoms with Crippen LogP contribution in [0.3, 0.4) is 0 Å². The smallest absolute Gasteiger partial charge is 0.256 e. The lowest BCUT2D eigenvalue weighted by molar-refractivity contribution is -0.128. The van der Waals surface area contributed by atoms with Crippen molar-refractivity contribution in [2.75, 3.05) is 55.9 Å². The van der Waals surface area contributed by atoms with Crippen molar-refractivity contribution >= 4 is 63.3 Å². The zero-order valence-electron chi connectivity index (χ0n) is 23.2. The van der Waals surface area contributed by atoms with Crippen LogP contribution in [0.2, 0.25) is 5.02 Å². The number of hydrogen-bond donors (Lipinski definition) is 4. The van der Waals surface area contributed by atoms with Crippen molar-refractivity contribution in [3.05, 3.63) is 58.5 Å². The van der Waals surface area contributed by atoms with Crippen LogP contribution in [0.1, 0.15) is 28.8 Å². The Labute approximate surface area is 246 Å². The van der Waals surface area contributed by atoms with Crippen LogP contribution in [0, 0.1) is 5.82 Å². The molecule has 1 saturated heterocycles. The van der Waals surface area contributed by atoms with Gasteiger partial charge in [0, 0.05) is 43.6 Å². The molecule has 4 aromatic rings. The van der Waals surface area contributed by atoms with Crippen molar-refractivity contribution in [1.29, 1.82) is 0 Å². The van der Waals surface area contributed by atoms with Gasteiger partial charge in [0.25, 0.3) is 5.91 Å². The fraction of sp³-hybridized carbons (Fsp3) is 0.310. The third-order valence-electron chi connectivity index (χ3n) is 7.60. The van der Waals surface area contributed by atoms with E-state index in [1.165, 1.54) is 13.1 Å². The number of methoxy groups -OCH3 is 1. The molecule has 4 N–H and O–H groups in total. The molecule has 2 amide bonds. The Morgan fingerprint density at radius 2 is 1.90 bits per heavy atom. The van der Waals surface area contributed by atoms with E-state index in [0.29, 0.717) is 34.8 Å². The summed E-state index contributed by atoms with van der Waals surface area (Å²) in [5.41, 5.74) is 3.14. The quantitative estimate of drug-likeness (QED) is 0.234. The summed E-state index contributed by atoms with van der Waals surface area (Å²) in [5.74, 6) is -0.0841. The zero-order chi connectivity index (χ0) is 29.4. The summed E-state index contributed by atoms with van der Waals surface area (Å²) >= 11 is 6.13. The van der Waals surface area contributed by atoms with Crippen LogP contribution in [-0.4, -0.2) is 72.0 Å². The molecule has 11 nitrogen and oxygen atoms in total. The molecule has 4 heterocycles. The standard InChI is InChI=1S/C29H30ClFN8O3/c1-32-28(41)25-19(31)12-17(30)13-21(25)34-27-18-5-7-33-26(18)36-29(37-27)35-20-14-22-16(11-23(20)42-2)6-10-39(22)15-24(40)38-8-3-4-9-38/h5,7,11-14H,3-4,6,8-10,15H2,1-2H3,(H,32,41)(H3,33,34,35,36,37). The number of carbonyl (C=O) groups is 2. The predicted molar refractivity (Wildman–Crippen MR) is 160 cm³/mol. The van der Waals surface area contributed by atoms with E-state index in [1.807, 2.05) is 17.0 Å². The van der Waals surface area contributed by atoms with Crippen molar-refractivity contribution in [1.82, 2.24) is 25.2 Å². The highest BCUT2D eigenvalue weighted by Crippen LogP contribution is 2.39. The second-order valence-corrected chi connectivity index (χ2v) is 10.7. The first-order chi connectivity index (χ1) is 20.3. The molecule has 0 saturated carbocycles. The second-order valence-electron chi connectivity index (χ2n) is 10.2. The Bertz CT molecular complexity index is 1690. The molecule has 2 aliphatic rings. The molecule has 6 rings (SSSR count). The van der Waals surface area contributed by atoms with Crippen LogP contribution in [0.5, 0.6) is 5.75 Å². The summed E-state index contributed by atoms with van der Waals surface area (Å²) in [6, 6.07) is 8.23. The number of nitrogens with zero attached hydrogens (tertiary/aromatic N) is 4. The normalized spacial score (nSPS) is 14.3. The maximum absolute atomic E-state index is 14.8. The summed E-state index contributed by atoms with van der Waals surface area (Å²) in [6.07, 6.45) is 4.61. The fourth-order valence-electron chi connectivity index (χ4n) is 5.51. The lowest BCUT2D eigenvalue weighted by atomic mass is 10.1. The average molecular weight is 593 g/mol. The van der Waals surface area contributed by atoms with E-state index in [9.17, 15) is 14.0 Å². The van der Waals surface area contributed by atoms with Crippen molar-refractivity contribution in [3.63, 3.8) is 0 Å². The molecule has 218 valence electrons. The number of fused-ring (bicyclic) bond motifs is 2.